The first-order valence-electron chi connectivity index (χ1n) is 14.8. The molecule has 2 saturated heterocycles. The number of phenols is 2. The van der Waals surface area contributed by atoms with E-state index >= 15 is 8.78 Å². The number of amides is 4. The predicted octanol–water partition coefficient (Wildman–Crippen LogP) is 5.40. The van der Waals surface area contributed by atoms with Crippen molar-refractivity contribution in [3.05, 3.63) is 94.1 Å². The molecule has 2 aliphatic heterocycles. The summed E-state index contributed by atoms with van der Waals surface area (Å²) in [6.45, 7) is 0. The summed E-state index contributed by atoms with van der Waals surface area (Å²) in [5.41, 5.74) is -2.98. The van der Waals surface area contributed by atoms with Crippen LogP contribution in [0.5, 0.6) is 11.5 Å². The Labute approximate surface area is 291 Å². The first-order valence-corrected chi connectivity index (χ1v) is 15.5. The van der Waals surface area contributed by atoms with Crippen molar-refractivity contribution in [2.45, 2.75) is 28.5 Å². The Bertz CT molecular complexity index is 2190. The minimum absolute atomic E-state index is 0.0279. The standard InChI is InChI=1S/C33H18Cl2F6N2O8/c34-32-9-15-12(4-5-14-19(15)28(47)42(27(14)46)11-2-3-13(29(48)49)18(45)8-11)20(10-1-6-17(44)16(36)7-10)33(32,35)31(51)43(30(32)50)26-24(40)22(38)21(37)23(39)25(26)41/h1-4,6-8,14-15,19-20,44-45H,5,9H2,(H,48,49). The second-order valence-corrected chi connectivity index (χ2v) is 13.7. The second-order valence-electron chi connectivity index (χ2n) is 12.4. The molecule has 0 aromatic heterocycles. The number of anilines is 2. The third kappa shape index (κ3) is 4.35. The van der Waals surface area contributed by atoms with Crippen LogP contribution in [-0.4, -0.2) is 54.7 Å². The average Bonchev–Trinajstić information content (AvgIpc) is 3.42. The van der Waals surface area contributed by atoms with Gasteiger partial charge in [-0.2, -0.15) is 0 Å². The highest BCUT2D eigenvalue weighted by atomic mass is 35.5. The van der Waals surface area contributed by atoms with Gasteiger partial charge in [-0.25, -0.2) is 40.9 Å². The zero-order valence-corrected chi connectivity index (χ0v) is 26.6. The number of allylic oxidation sites excluding steroid dienone is 2. The van der Waals surface area contributed by atoms with E-state index in [-0.39, 0.29) is 28.1 Å². The van der Waals surface area contributed by atoms with Gasteiger partial charge < -0.3 is 15.3 Å². The van der Waals surface area contributed by atoms with Gasteiger partial charge in [0.25, 0.3) is 11.8 Å². The van der Waals surface area contributed by atoms with Crippen molar-refractivity contribution in [2.75, 3.05) is 9.80 Å². The lowest BCUT2D eigenvalue weighted by Crippen LogP contribution is -2.60. The van der Waals surface area contributed by atoms with Crippen LogP contribution >= 0.6 is 23.2 Å². The number of rotatable bonds is 4. The number of carbonyl (C=O) groups is 5. The quantitative estimate of drug-likeness (QED) is 0.0800. The normalized spacial score (nSPS) is 28.5. The number of fused-ring (bicyclic) bond motifs is 4. The number of carboxylic acid groups (broad SMARTS) is 1. The van der Waals surface area contributed by atoms with E-state index in [2.05, 4.69) is 0 Å². The SMILES string of the molecule is O=C(O)c1ccc(N2C(=O)C3CC=C4C(CC5(Cl)C(=O)N(c6c(F)c(F)c(F)c(F)c6F)C(=O)C5(Cl)C4c4ccc(O)c(F)c4)C3C2=O)cc1O. The molecule has 4 aliphatic rings. The fourth-order valence-corrected chi connectivity index (χ4v) is 8.67. The Hall–Kier alpha value is -5.09. The van der Waals surface area contributed by atoms with Crippen LogP contribution in [-0.2, 0) is 19.2 Å². The molecule has 3 aromatic carbocycles. The molecule has 6 unspecified atom stereocenters. The summed E-state index contributed by atoms with van der Waals surface area (Å²) in [5, 5.41) is 29.4. The molecular weight excluding hydrogens is 737 g/mol. The maximum Gasteiger partial charge on any atom is 0.339 e. The van der Waals surface area contributed by atoms with Crippen molar-refractivity contribution in [3.63, 3.8) is 0 Å². The van der Waals surface area contributed by atoms with E-state index in [1.807, 2.05) is 0 Å². The van der Waals surface area contributed by atoms with Gasteiger partial charge in [0, 0.05) is 12.0 Å². The van der Waals surface area contributed by atoms with Crippen LogP contribution in [0.1, 0.15) is 34.7 Å². The molecule has 1 saturated carbocycles. The smallest absolute Gasteiger partial charge is 0.339 e. The number of hydrogen-bond donors (Lipinski definition) is 3. The fourth-order valence-electron chi connectivity index (χ4n) is 7.74. The van der Waals surface area contributed by atoms with Crippen molar-refractivity contribution in [1.29, 1.82) is 0 Å². The number of imide groups is 2. The molecule has 0 bridgehead atoms. The molecule has 3 aromatic rings. The number of carboxylic acids is 1. The highest BCUT2D eigenvalue weighted by molar-refractivity contribution is 6.58. The summed E-state index contributed by atoms with van der Waals surface area (Å²) in [7, 11) is 0. The molecule has 2 heterocycles. The molecule has 51 heavy (non-hydrogen) atoms. The van der Waals surface area contributed by atoms with Crippen LogP contribution < -0.4 is 9.80 Å². The molecule has 2 aliphatic carbocycles. The van der Waals surface area contributed by atoms with Crippen LogP contribution in [0.4, 0.5) is 37.7 Å². The van der Waals surface area contributed by atoms with Crippen LogP contribution in [0.3, 0.4) is 0 Å². The summed E-state index contributed by atoms with van der Waals surface area (Å²) in [4.78, 5) is 62.2. The number of alkyl halides is 2. The van der Waals surface area contributed by atoms with E-state index in [4.69, 9.17) is 23.2 Å². The third-order valence-corrected chi connectivity index (χ3v) is 11.4. The fraction of sp³-hybridized carbons (Fsp3) is 0.242. The average molecular weight is 755 g/mol. The van der Waals surface area contributed by atoms with Crippen LogP contribution in [0.15, 0.2) is 48.0 Å². The largest absolute Gasteiger partial charge is 0.507 e. The van der Waals surface area contributed by atoms with Crippen molar-refractivity contribution >= 4 is 64.2 Å². The van der Waals surface area contributed by atoms with E-state index in [9.17, 15) is 56.9 Å². The lowest BCUT2D eigenvalue weighted by molar-refractivity contribution is -0.125. The molecule has 264 valence electrons. The zero-order valence-electron chi connectivity index (χ0n) is 25.1. The van der Waals surface area contributed by atoms with Gasteiger partial charge in [0.15, 0.2) is 44.6 Å². The van der Waals surface area contributed by atoms with E-state index < -0.39 is 127 Å². The Morgan fingerprint density at radius 3 is 1.98 bits per heavy atom. The summed E-state index contributed by atoms with van der Waals surface area (Å²) >= 11 is 13.9. The van der Waals surface area contributed by atoms with Gasteiger partial charge in [0.1, 0.15) is 17.0 Å². The van der Waals surface area contributed by atoms with Gasteiger partial charge >= 0.3 is 5.97 Å². The minimum Gasteiger partial charge on any atom is -0.507 e. The second kappa shape index (κ2) is 11.2. The summed E-state index contributed by atoms with van der Waals surface area (Å²) in [5.74, 6) is -28.1. The van der Waals surface area contributed by atoms with Crippen LogP contribution in [0.2, 0.25) is 0 Å². The number of carbonyl (C=O) groups excluding carboxylic acids is 4. The number of halogens is 8. The number of aromatic carboxylic acids is 1. The third-order valence-electron chi connectivity index (χ3n) is 10.00. The van der Waals surface area contributed by atoms with Crippen molar-refractivity contribution < 1.29 is 65.6 Å². The van der Waals surface area contributed by atoms with Crippen LogP contribution in [0, 0.1) is 52.7 Å². The van der Waals surface area contributed by atoms with Gasteiger partial charge in [0.05, 0.1) is 17.5 Å². The Kier molecular flexibility index (Phi) is 7.55. The number of benzene rings is 3. The predicted molar refractivity (Wildman–Crippen MR) is 162 cm³/mol. The molecule has 18 heteroatoms. The van der Waals surface area contributed by atoms with E-state index in [1.165, 1.54) is 6.08 Å². The molecule has 3 N–H and O–H groups in total. The summed E-state index contributed by atoms with van der Waals surface area (Å²) in [6.07, 6.45) is 0.314. The monoisotopic (exact) mass is 754 g/mol. The Morgan fingerprint density at radius 1 is 0.765 bits per heavy atom. The first kappa shape index (κ1) is 34.4. The van der Waals surface area contributed by atoms with Crippen molar-refractivity contribution in [3.8, 4) is 11.5 Å². The number of phenolic OH excluding ortho intramolecular Hbond substituents is 1. The van der Waals surface area contributed by atoms with Crippen LogP contribution in [0.25, 0.3) is 0 Å². The molecule has 0 spiro atoms. The van der Waals surface area contributed by atoms with Gasteiger partial charge in [-0.3, -0.25) is 19.2 Å². The van der Waals surface area contributed by atoms with Crippen molar-refractivity contribution in [1.82, 2.24) is 0 Å². The van der Waals surface area contributed by atoms with E-state index in [1.54, 1.807) is 0 Å². The Morgan fingerprint density at radius 2 is 1.39 bits per heavy atom. The van der Waals surface area contributed by atoms with Gasteiger partial charge in [0.2, 0.25) is 17.6 Å². The number of nitrogens with zero attached hydrogens (tertiary/aromatic N) is 2. The molecular formula is C33H18Cl2F6N2O8. The molecule has 7 rings (SSSR count). The summed E-state index contributed by atoms with van der Waals surface area (Å²) < 4.78 is 87.8. The molecule has 0 radical (unpaired) electrons. The topological polar surface area (TPSA) is 153 Å². The lowest BCUT2D eigenvalue weighted by Gasteiger charge is -2.50. The maximum absolute atomic E-state index is 15.1. The number of aromatic hydroxyl groups is 2. The maximum atomic E-state index is 15.1. The lowest BCUT2D eigenvalue weighted by atomic mass is 9.56. The zero-order chi connectivity index (χ0) is 37.2. The molecule has 6 atom stereocenters. The minimum atomic E-state index is -2.89. The molecule has 4 amide bonds. The number of hydrogen-bond acceptors (Lipinski definition) is 7. The molecule has 3 fully saturated rings. The van der Waals surface area contributed by atoms with E-state index in [0.29, 0.717) is 11.0 Å². The molecule has 10 nitrogen and oxygen atoms in total. The van der Waals surface area contributed by atoms with Gasteiger partial charge in [-0.05, 0) is 48.6 Å². The van der Waals surface area contributed by atoms with Gasteiger partial charge in [-0.1, -0.05) is 17.7 Å². The van der Waals surface area contributed by atoms with E-state index in [0.717, 1.165) is 30.3 Å². The summed E-state index contributed by atoms with van der Waals surface area (Å²) in [6, 6.07) is 5.51. The highest BCUT2D eigenvalue weighted by Gasteiger charge is 2.77. The first-order chi connectivity index (χ1) is 23.9. The van der Waals surface area contributed by atoms with Crippen molar-refractivity contribution in [2.24, 2.45) is 17.8 Å². The highest BCUT2D eigenvalue weighted by Crippen LogP contribution is 2.66. The van der Waals surface area contributed by atoms with Gasteiger partial charge in [-0.15, -0.1) is 23.2 Å². The Balaban J connectivity index is 1.41.